The van der Waals surface area contributed by atoms with Crippen molar-refractivity contribution in [3.63, 3.8) is 0 Å². The lowest BCUT2D eigenvalue weighted by Crippen LogP contribution is -2.25. The quantitative estimate of drug-likeness (QED) is 0.641. The summed E-state index contributed by atoms with van der Waals surface area (Å²) >= 11 is 5.90. The molecule has 5 nitrogen and oxygen atoms in total. The molecule has 6 heteroatoms. The van der Waals surface area contributed by atoms with Crippen molar-refractivity contribution in [2.45, 2.75) is 6.54 Å². The number of fused-ring (bicyclic) bond motifs is 1. The summed E-state index contributed by atoms with van der Waals surface area (Å²) < 4.78 is 11.1. The molecular formula is C23H18ClNO4. The summed E-state index contributed by atoms with van der Waals surface area (Å²) in [5.74, 6) is 0.816. The van der Waals surface area contributed by atoms with Crippen LogP contribution in [0.3, 0.4) is 0 Å². The molecule has 1 amide bonds. The van der Waals surface area contributed by atoms with E-state index in [1.165, 1.54) is 0 Å². The van der Waals surface area contributed by atoms with Crippen LogP contribution in [-0.4, -0.2) is 24.9 Å². The van der Waals surface area contributed by atoms with Crippen molar-refractivity contribution >= 4 is 23.3 Å². The first kappa shape index (κ1) is 19.0. The van der Waals surface area contributed by atoms with Gasteiger partial charge in [-0.05, 0) is 48.0 Å². The van der Waals surface area contributed by atoms with Crippen LogP contribution in [0.4, 0.5) is 0 Å². The van der Waals surface area contributed by atoms with Crippen LogP contribution in [0.5, 0.6) is 11.5 Å². The van der Waals surface area contributed by atoms with Crippen LogP contribution in [0.25, 0.3) is 0 Å². The molecule has 3 aromatic rings. The zero-order valence-corrected chi connectivity index (χ0v) is 16.2. The smallest absolute Gasteiger partial charge is 0.252 e. The van der Waals surface area contributed by atoms with Crippen LogP contribution in [0.2, 0.25) is 5.02 Å². The van der Waals surface area contributed by atoms with Crippen molar-refractivity contribution in [2.75, 3.05) is 13.2 Å². The first-order valence-corrected chi connectivity index (χ1v) is 9.55. The number of carbonyl (C=O) groups is 2. The lowest BCUT2D eigenvalue weighted by Gasteiger charge is -2.19. The lowest BCUT2D eigenvalue weighted by atomic mass is 9.98. The average Bonchev–Trinajstić information content (AvgIpc) is 2.77. The zero-order chi connectivity index (χ0) is 20.2. The molecule has 1 aliphatic rings. The Morgan fingerprint density at radius 3 is 2.31 bits per heavy atom. The van der Waals surface area contributed by atoms with E-state index in [1.54, 1.807) is 48.5 Å². The van der Waals surface area contributed by atoms with Crippen molar-refractivity contribution < 1.29 is 19.1 Å². The predicted octanol–water partition coefficient (Wildman–Crippen LogP) is 4.27. The maximum Gasteiger partial charge on any atom is 0.252 e. The van der Waals surface area contributed by atoms with E-state index in [0.717, 1.165) is 5.56 Å². The van der Waals surface area contributed by atoms with E-state index in [4.69, 9.17) is 21.1 Å². The van der Waals surface area contributed by atoms with E-state index in [9.17, 15) is 9.59 Å². The van der Waals surface area contributed by atoms with Gasteiger partial charge in [0.15, 0.2) is 17.3 Å². The molecule has 4 rings (SSSR count). The second kappa shape index (κ2) is 8.37. The third-order valence-electron chi connectivity index (χ3n) is 4.58. The monoisotopic (exact) mass is 407 g/mol. The SMILES string of the molecule is O=C(NCc1ccc2c(c1)OCCO2)c1ccccc1C(=O)c1ccc(Cl)cc1. The molecular weight excluding hydrogens is 390 g/mol. The third kappa shape index (κ3) is 4.25. The maximum absolute atomic E-state index is 12.9. The Bertz CT molecular complexity index is 1060. The number of amides is 1. The van der Waals surface area contributed by atoms with Gasteiger partial charge in [0.2, 0.25) is 0 Å². The minimum Gasteiger partial charge on any atom is -0.486 e. The number of nitrogens with one attached hydrogen (secondary N) is 1. The Hall–Kier alpha value is -3.31. The molecule has 0 bridgehead atoms. The van der Waals surface area contributed by atoms with Crippen LogP contribution in [0, 0.1) is 0 Å². The first-order chi connectivity index (χ1) is 14.1. The van der Waals surface area contributed by atoms with Crippen LogP contribution in [-0.2, 0) is 6.54 Å². The van der Waals surface area contributed by atoms with Gasteiger partial charge in [-0.1, -0.05) is 35.9 Å². The molecule has 0 atom stereocenters. The summed E-state index contributed by atoms with van der Waals surface area (Å²) in [6.07, 6.45) is 0. The standard InChI is InChI=1S/C23H18ClNO4/c24-17-8-6-16(7-9-17)22(26)18-3-1-2-4-19(18)23(27)25-14-15-5-10-20-21(13-15)29-12-11-28-20/h1-10,13H,11-12,14H2,(H,25,27). The molecule has 0 radical (unpaired) electrons. The molecule has 0 unspecified atom stereocenters. The fourth-order valence-electron chi connectivity index (χ4n) is 3.11. The van der Waals surface area contributed by atoms with Gasteiger partial charge in [0.05, 0.1) is 5.56 Å². The molecule has 29 heavy (non-hydrogen) atoms. The van der Waals surface area contributed by atoms with Crippen molar-refractivity contribution in [3.05, 3.63) is 94.0 Å². The molecule has 1 heterocycles. The summed E-state index contributed by atoms with van der Waals surface area (Å²) in [6.45, 7) is 1.34. The second-order valence-corrected chi connectivity index (χ2v) is 6.98. The van der Waals surface area contributed by atoms with E-state index >= 15 is 0 Å². The van der Waals surface area contributed by atoms with Gasteiger partial charge in [-0.3, -0.25) is 9.59 Å². The van der Waals surface area contributed by atoms with Crippen LogP contribution in [0.1, 0.15) is 31.8 Å². The Morgan fingerprint density at radius 2 is 1.55 bits per heavy atom. The van der Waals surface area contributed by atoms with E-state index in [1.807, 2.05) is 18.2 Å². The van der Waals surface area contributed by atoms with Crippen molar-refractivity contribution in [1.29, 1.82) is 0 Å². The number of ketones is 1. The van der Waals surface area contributed by atoms with Crippen molar-refractivity contribution in [1.82, 2.24) is 5.32 Å². The van der Waals surface area contributed by atoms with Crippen molar-refractivity contribution in [3.8, 4) is 11.5 Å². The van der Waals surface area contributed by atoms with Gasteiger partial charge in [0.1, 0.15) is 13.2 Å². The normalized spacial score (nSPS) is 12.3. The van der Waals surface area contributed by atoms with Crippen LogP contribution in [0.15, 0.2) is 66.7 Å². The van der Waals surface area contributed by atoms with Gasteiger partial charge in [0, 0.05) is 22.7 Å². The van der Waals surface area contributed by atoms with Gasteiger partial charge in [-0.25, -0.2) is 0 Å². The number of carbonyl (C=O) groups excluding carboxylic acids is 2. The molecule has 1 aliphatic heterocycles. The lowest BCUT2D eigenvalue weighted by molar-refractivity contribution is 0.0939. The fraction of sp³-hybridized carbons (Fsp3) is 0.130. The number of ether oxygens (including phenoxy) is 2. The van der Waals surface area contributed by atoms with E-state index in [0.29, 0.717) is 53.0 Å². The third-order valence-corrected chi connectivity index (χ3v) is 4.83. The molecule has 0 aliphatic carbocycles. The maximum atomic E-state index is 12.9. The van der Waals surface area contributed by atoms with E-state index in [-0.39, 0.29) is 11.7 Å². The van der Waals surface area contributed by atoms with Gasteiger partial charge in [0.25, 0.3) is 5.91 Å². The number of hydrogen-bond donors (Lipinski definition) is 1. The average molecular weight is 408 g/mol. The van der Waals surface area contributed by atoms with Crippen LogP contribution >= 0.6 is 11.6 Å². The summed E-state index contributed by atoms with van der Waals surface area (Å²) in [5, 5.41) is 3.42. The molecule has 3 aromatic carbocycles. The molecule has 1 N–H and O–H groups in total. The fourth-order valence-corrected chi connectivity index (χ4v) is 3.24. The number of hydrogen-bond acceptors (Lipinski definition) is 4. The summed E-state index contributed by atoms with van der Waals surface area (Å²) in [6, 6.07) is 18.9. The highest BCUT2D eigenvalue weighted by molar-refractivity contribution is 6.30. The minimum absolute atomic E-state index is 0.230. The summed E-state index contributed by atoms with van der Waals surface area (Å²) in [7, 11) is 0. The Labute approximate surface area is 173 Å². The number of halogens is 1. The molecule has 0 spiro atoms. The highest BCUT2D eigenvalue weighted by atomic mass is 35.5. The largest absolute Gasteiger partial charge is 0.486 e. The topological polar surface area (TPSA) is 64.6 Å². The Balaban J connectivity index is 1.51. The van der Waals surface area contributed by atoms with Gasteiger partial charge >= 0.3 is 0 Å². The number of rotatable bonds is 5. The summed E-state index contributed by atoms with van der Waals surface area (Å²) in [4.78, 5) is 25.6. The first-order valence-electron chi connectivity index (χ1n) is 9.18. The van der Waals surface area contributed by atoms with E-state index in [2.05, 4.69) is 5.32 Å². The Morgan fingerprint density at radius 1 is 0.862 bits per heavy atom. The molecule has 0 aromatic heterocycles. The molecule has 0 saturated heterocycles. The molecule has 146 valence electrons. The van der Waals surface area contributed by atoms with Gasteiger partial charge in [-0.15, -0.1) is 0 Å². The Kier molecular flexibility index (Phi) is 5.49. The highest BCUT2D eigenvalue weighted by Crippen LogP contribution is 2.30. The van der Waals surface area contributed by atoms with Gasteiger partial charge < -0.3 is 14.8 Å². The molecule has 0 saturated carbocycles. The van der Waals surface area contributed by atoms with Crippen LogP contribution < -0.4 is 14.8 Å². The van der Waals surface area contributed by atoms with Crippen molar-refractivity contribution in [2.24, 2.45) is 0 Å². The van der Waals surface area contributed by atoms with E-state index < -0.39 is 0 Å². The minimum atomic E-state index is -0.321. The number of benzene rings is 3. The highest BCUT2D eigenvalue weighted by Gasteiger charge is 2.18. The summed E-state index contributed by atoms with van der Waals surface area (Å²) in [5.41, 5.74) is 2.02. The molecule has 0 fully saturated rings. The van der Waals surface area contributed by atoms with Gasteiger partial charge in [-0.2, -0.15) is 0 Å². The zero-order valence-electron chi connectivity index (χ0n) is 15.5. The predicted molar refractivity (Wildman–Crippen MR) is 110 cm³/mol. The second-order valence-electron chi connectivity index (χ2n) is 6.54.